The zero-order valence-electron chi connectivity index (χ0n) is 11.3. The van der Waals surface area contributed by atoms with E-state index in [2.05, 4.69) is 10.5 Å². The van der Waals surface area contributed by atoms with E-state index in [9.17, 15) is 4.79 Å². The van der Waals surface area contributed by atoms with Gasteiger partial charge in [-0.1, -0.05) is 29.6 Å². The number of aryl methyl sites for hydroxylation is 1. The summed E-state index contributed by atoms with van der Waals surface area (Å²) in [4.78, 5) is 12.6. The number of carbonyl (C=O) groups excluding carboxylic acids is 1. The summed E-state index contributed by atoms with van der Waals surface area (Å²) in [7, 11) is 0. The predicted octanol–water partition coefficient (Wildman–Crippen LogP) is 2.89. The van der Waals surface area contributed by atoms with Gasteiger partial charge < -0.3 is 16.3 Å². The highest BCUT2D eigenvalue weighted by molar-refractivity contribution is 6.30. The molecule has 2 rings (SSSR count). The minimum Gasteiger partial charge on any atom is -0.409 e. The van der Waals surface area contributed by atoms with Crippen LogP contribution >= 0.6 is 11.6 Å². The maximum atomic E-state index is 12.6. The highest BCUT2D eigenvalue weighted by atomic mass is 35.5. The number of benzene rings is 1. The summed E-state index contributed by atoms with van der Waals surface area (Å²) in [6.07, 6.45) is 2.98. The fourth-order valence-corrected chi connectivity index (χ4v) is 2.91. The topological polar surface area (TPSA) is 87.7 Å². The van der Waals surface area contributed by atoms with Crippen LogP contribution in [0.5, 0.6) is 0 Å². The Morgan fingerprint density at radius 3 is 2.65 bits per heavy atom. The summed E-state index contributed by atoms with van der Waals surface area (Å²) in [6, 6.07) is 5.25. The zero-order valence-corrected chi connectivity index (χ0v) is 12.1. The van der Waals surface area contributed by atoms with E-state index in [0.29, 0.717) is 23.6 Å². The van der Waals surface area contributed by atoms with Gasteiger partial charge in [0.1, 0.15) is 5.41 Å². The van der Waals surface area contributed by atoms with E-state index in [1.807, 2.05) is 6.92 Å². The predicted molar refractivity (Wildman–Crippen MR) is 79.1 cm³/mol. The number of hydrogen-bond donors (Lipinski definition) is 3. The van der Waals surface area contributed by atoms with Gasteiger partial charge in [-0.2, -0.15) is 0 Å². The number of amidine groups is 1. The van der Waals surface area contributed by atoms with Gasteiger partial charge in [-0.15, -0.1) is 0 Å². The van der Waals surface area contributed by atoms with Crippen LogP contribution in [0.3, 0.4) is 0 Å². The molecule has 0 aromatic heterocycles. The third-order valence-corrected chi connectivity index (χ3v) is 4.16. The van der Waals surface area contributed by atoms with Crippen molar-refractivity contribution in [2.24, 2.45) is 16.3 Å². The Balaban J connectivity index is 2.26. The van der Waals surface area contributed by atoms with Crippen LogP contribution in [0, 0.1) is 12.3 Å². The average Bonchev–Trinajstić information content (AvgIpc) is 2.91. The highest BCUT2D eigenvalue weighted by Gasteiger charge is 2.45. The summed E-state index contributed by atoms with van der Waals surface area (Å²) in [5.74, 6) is -0.241. The molecule has 0 aliphatic heterocycles. The first-order valence-corrected chi connectivity index (χ1v) is 6.93. The molecule has 20 heavy (non-hydrogen) atoms. The first kappa shape index (κ1) is 14.7. The van der Waals surface area contributed by atoms with Crippen molar-refractivity contribution in [3.8, 4) is 0 Å². The molecule has 1 saturated carbocycles. The molecule has 1 aromatic carbocycles. The van der Waals surface area contributed by atoms with E-state index >= 15 is 0 Å². The van der Waals surface area contributed by atoms with E-state index in [1.54, 1.807) is 18.2 Å². The fraction of sp³-hybridized carbons (Fsp3) is 0.429. The van der Waals surface area contributed by atoms with Gasteiger partial charge in [0.2, 0.25) is 5.91 Å². The van der Waals surface area contributed by atoms with Crippen molar-refractivity contribution < 1.29 is 10.0 Å². The molecule has 1 aromatic rings. The van der Waals surface area contributed by atoms with Gasteiger partial charge >= 0.3 is 0 Å². The van der Waals surface area contributed by atoms with Crippen molar-refractivity contribution in [2.45, 2.75) is 32.6 Å². The number of carbonyl (C=O) groups is 1. The number of anilines is 1. The van der Waals surface area contributed by atoms with Crippen molar-refractivity contribution in [1.29, 1.82) is 0 Å². The molecule has 108 valence electrons. The minimum atomic E-state index is -0.902. The molecule has 0 atom stereocenters. The lowest BCUT2D eigenvalue weighted by atomic mass is 9.83. The summed E-state index contributed by atoms with van der Waals surface area (Å²) < 4.78 is 0. The molecular formula is C14H18ClN3O2. The Morgan fingerprint density at radius 2 is 2.10 bits per heavy atom. The Labute approximate surface area is 122 Å². The molecule has 0 bridgehead atoms. The zero-order chi connectivity index (χ0) is 14.8. The monoisotopic (exact) mass is 295 g/mol. The Morgan fingerprint density at radius 1 is 1.45 bits per heavy atom. The van der Waals surface area contributed by atoms with E-state index in [4.69, 9.17) is 22.5 Å². The Bertz CT molecular complexity index is 551. The van der Waals surface area contributed by atoms with E-state index in [0.717, 1.165) is 18.4 Å². The first-order valence-electron chi connectivity index (χ1n) is 6.55. The highest BCUT2D eigenvalue weighted by Crippen LogP contribution is 2.39. The SMILES string of the molecule is Cc1cc(Cl)ccc1NC(=O)C1(C(N)=NO)CCCC1. The lowest BCUT2D eigenvalue weighted by Crippen LogP contribution is -2.45. The Hall–Kier alpha value is -1.75. The largest absolute Gasteiger partial charge is 0.409 e. The lowest BCUT2D eigenvalue weighted by molar-refractivity contribution is -0.122. The van der Waals surface area contributed by atoms with Crippen molar-refractivity contribution in [1.82, 2.24) is 0 Å². The first-order chi connectivity index (χ1) is 9.49. The summed E-state index contributed by atoms with van der Waals surface area (Å²) in [5, 5.41) is 15.5. The lowest BCUT2D eigenvalue weighted by Gasteiger charge is -2.26. The van der Waals surface area contributed by atoms with Gasteiger partial charge in [0, 0.05) is 10.7 Å². The van der Waals surface area contributed by atoms with Crippen LogP contribution in [0.2, 0.25) is 5.02 Å². The standard InChI is InChI=1S/C14H18ClN3O2/c1-9-8-10(15)4-5-11(9)17-13(19)14(12(16)18-20)6-2-3-7-14/h4-5,8,20H,2-3,6-7H2,1H3,(H2,16,18)(H,17,19). The van der Waals surface area contributed by atoms with Crippen LogP contribution < -0.4 is 11.1 Å². The van der Waals surface area contributed by atoms with E-state index < -0.39 is 5.41 Å². The number of rotatable bonds is 3. The molecule has 0 heterocycles. The van der Waals surface area contributed by atoms with Crippen LogP contribution in [0.4, 0.5) is 5.69 Å². The second-order valence-electron chi connectivity index (χ2n) is 5.19. The average molecular weight is 296 g/mol. The van der Waals surface area contributed by atoms with Crippen LogP contribution in [0.1, 0.15) is 31.2 Å². The minimum absolute atomic E-state index is 0.0147. The molecule has 1 amide bonds. The van der Waals surface area contributed by atoms with Gasteiger partial charge in [-0.25, -0.2) is 0 Å². The Kier molecular flexibility index (Phi) is 4.18. The van der Waals surface area contributed by atoms with Crippen molar-refractivity contribution in [2.75, 3.05) is 5.32 Å². The smallest absolute Gasteiger partial charge is 0.238 e. The van der Waals surface area contributed by atoms with Gasteiger partial charge in [0.15, 0.2) is 5.84 Å². The number of hydrogen-bond acceptors (Lipinski definition) is 3. The molecule has 1 aliphatic rings. The molecule has 1 aliphatic carbocycles. The number of nitrogens with zero attached hydrogens (tertiary/aromatic N) is 1. The second-order valence-corrected chi connectivity index (χ2v) is 5.62. The third-order valence-electron chi connectivity index (χ3n) is 3.93. The van der Waals surface area contributed by atoms with Crippen LogP contribution in [-0.2, 0) is 4.79 Å². The molecule has 0 saturated heterocycles. The maximum Gasteiger partial charge on any atom is 0.238 e. The molecule has 6 heteroatoms. The van der Waals surface area contributed by atoms with Gasteiger partial charge in [-0.05, 0) is 43.5 Å². The molecule has 1 fully saturated rings. The molecule has 4 N–H and O–H groups in total. The molecule has 5 nitrogen and oxygen atoms in total. The summed E-state index contributed by atoms with van der Waals surface area (Å²) >= 11 is 5.90. The third kappa shape index (κ3) is 2.58. The number of halogens is 1. The second kappa shape index (κ2) is 5.71. The number of oxime groups is 1. The van der Waals surface area contributed by atoms with Crippen molar-refractivity contribution >= 4 is 29.0 Å². The summed E-state index contributed by atoms with van der Waals surface area (Å²) in [6.45, 7) is 1.87. The van der Waals surface area contributed by atoms with Crippen LogP contribution in [0.15, 0.2) is 23.4 Å². The summed E-state index contributed by atoms with van der Waals surface area (Å²) in [5.41, 5.74) is 6.41. The van der Waals surface area contributed by atoms with Gasteiger partial charge in [0.05, 0.1) is 0 Å². The van der Waals surface area contributed by atoms with Gasteiger partial charge in [0.25, 0.3) is 0 Å². The van der Waals surface area contributed by atoms with E-state index in [1.165, 1.54) is 0 Å². The molecule has 0 spiro atoms. The molecule has 0 unspecified atom stereocenters. The van der Waals surface area contributed by atoms with E-state index in [-0.39, 0.29) is 11.7 Å². The normalized spacial score (nSPS) is 18.0. The maximum absolute atomic E-state index is 12.6. The number of nitrogens with two attached hydrogens (primary N) is 1. The quantitative estimate of drug-likeness (QED) is 0.347. The van der Waals surface area contributed by atoms with Gasteiger partial charge in [-0.3, -0.25) is 4.79 Å². The van der Waals surface area contributed by atoms with Crippen molar-refractivity contribution in [3.05, 3.63) is 28.8 Å². The molecule has 0 radical (unpaired) electrons. The molecular weight excluding hydrogens is 278 g/mol. The fourth-order valence-electron chi connectivity index (χ4n) is 2.68. The van der Waals surface area contributed by atoms with Crippen LogP contribution in [-0.4, -0.2) is 17.0 Å². The van der Waals surface area contributed by atoms with Crippen LogP contribution in [0.25, 0.3) is 0 Å². The van der Waals surface area contributed by atoms with Crippen molar-refractivity contribution in [3.63, 3.8) is 0 Å². The number of amides is 1. The number of nitrogens with one attached hydrogen (secondary N) is 1.